The summed E-state index contributed by atoms with van der Waals surface area (Å²) in [6.45, 7) is 12.3. The van der Waals surface area contributed by atoms with Crippen molar-refractivity contribution in [2.45, 2.75) is 39.8 Å². The zero-order valence-corrected chi connectivity index (χ0v) is 12.2. The summed E-state index contributed by atoms with van der Waals surface area (Å²) in [4.78, 5) is 0. The zero-order chi connectivity index (χ0) is 12.2. The van der Waals surface area contributed by atoms with Gasteiger partial charge in [-0.25, -0.2) is 0 Å². The van der Waals surface area contributed by atoms with Crippen molar-refractivity contribution in [2.75, 3.05) is 33.0 Å². The third kappa shape index (κ3) is 12.1. The molecule has 1 fully saturated rings. The minimum atomic E-state index is -1.20. The first kappa shape index (κ1) is 16.1. The highest BCUT2D eigenvalue weighted by atomic mass is 28.3. The van der Waals surface area contributed by atoms with Gasteiger partial charge in [-0.05, 0) is 26.8 Å². The van der Waals surface area contributed by atoms with Crippen LogP contribution >= 0.6 is 0 Å². The molecule has 0 bridgehead atoms. The Labute approximate surface area is 101 Å². The molecule has 1 rings (SSSR count). The van der Waals surface area contributed by atoms with Crippen LogP contribution in [0.3, 0.4) is 0 Å². The van der Waals surface area contributed by atoms with Crippen molar-refractivity contribution in [3.05, 3.63) is 0 Å². The van der Waals surface area contributed by atoms with Gasteiger partial charge >= 0.3 is 9.28 Å². The summed E-state index contributed by atoms with van der Waals surface area (Å²) >= 11 is 0. The monoisotopic (exact) mass is 250 g/mol. The molecule has 1 aliphatic rings. The maximum atomic E-state index is 5.20. The van der Waals surface area contributed by atoms with Gasteiger partial charge in [-0.1, -0.05) is 6.92 Å². The summed E-state index contributed by atoms with van der Waals surface area (Å²) in [5.74, 6) is 0. The molecule has 0 aromatic rings. The second-order valence-electron chi connectivity index (χ2n) is 3.51. The summed E-state index contributed by atoms with van der Waals surface area (Å²) in [5.41, 5.74) is 0. The molecule has 5 heteroatoms. The van der Waals surface area contributed by atoms with Gasteiger partial charge < -0.3 is 18.3 Å². The third-order valence-corrected chi connectivity index (χ3v) is 3.46. The van der Waals surface area contributed by atoms with Gasteiger partial charge in [0.2, 0.25) is 0 Å². The predicted octanol–water partition coefficient (Wildman–Crippen LogP) is 1.72. The molecule has 0 radical (unpaired) electrons. The van der Waals surface area contributed by atoms with E-state index in [0.29, 0.717) is 6.10 Å². The van der Waals surface area contributed by atoms with Crippen LogP contribution in [0.25, 0.3) is 0 Å². The van der Waals surface area contributed by atoms with Crippen molar-refractivity contribution in [2.24, 2.45) is 0 Å². The fourth-order valence-corrected chi connectivity index (χ4v) is 2.08. The Bertz CT molecular complexity index is 136. The largest absolute Gasteiger partial charge is 0.397 e. The minimum Gasteiger partial charge on any atom is -0.397 e. The van der Waals surface area contributed by atoms with E-state index in [1.54, 1.807) is 0 Å². The summed E-state index contributed by atoms with van der Waals surface area (Å²) in [7, 11) is -1.20. The highest BCUT2D eigenvalue weighted by molar-refractivity contribution is 6.42. The lowest BCUT2D eigenvalue weighted by molar-refractivity contribution is 0.117. The van der Waals surface area contributed by atoms with E-state index in [9.17, 15) is 0 Å². The molecule has 16 heavy (non-hydrogen) atoms. The highest BCUT2D eigenvalue weighted by Crippen LogP contribution is 2.08. The van der Waals surface area contributed by atoms with E-state index in [-0.39, 0.29) is 0 Å². The molecule has 0 saturated carbocycles. The van der Waals surface area contributed by atoms with Crippen LogP contribution < -0.4 is 0 Å². The quantitative estimate of drug-likeness (QED) is 0.374. The molecule has 1 saturated heterocycles. The Balaban J connectivity index is 0.000000281. The molecular weight excluding hydrogens is 224 g/mol. The van der Waals surface area contributed by atoms with Gasteiger partial charge in [-0.2, -0.15) is 0 Å². The first-order valence-corrected chi connectivity index (χ1v) is 8.26. The molecule has 1 heterocycles. The van der Waals surface area contributed by atoms with Gasteiger partial charge in [0.25, 0.3) is 0 Å². The average molecular weight is 250 g/mol. The smallest absolute Gasteiger partial charge is 0.318 e. The van der Waals surface area contributed by atoms with Crippen molar-refractivity contribution in [1.29, 1.82) is 0 Å². The Morgan fingerprint density at radius 1 is 1.19 bits per heavy atom. The van der Waals surface area contributed by atoms with E-state index in [1.807, 2.05) is 20.4 Å². The first-order chi connectivity index (χ1) is 7.74. The van der Waals surface area contributed by atoms with Crippen molar-refractivity contribution in [3.63, 3.8) is 0 Å². The Morgan fingerprint density at radius 3 is 2.12 bits per heavy atom. The number of ether oxygens (including phenoxy) is 2. The van der Waals surface area contributed by atoms with E-state index in [0.717, 1.165) is 39.5 Å². The van der Waals surface area contributed by atoms with Crippen molar-refractivity contribution in [3.8, 4) is 0 Å². The van der Waals surface area contributed by atoms with E-state index in [2.05, 4.69) is 6.92 Å². The first-order valence-electron chi connectivity index (χ1n) is 6.17. The van der Waals surface area contributed by atoms with E-state index < -0.39 is 9.28 Å². The molecule has 4 nitrogen and oxygen atoms in total. The lowest BCUT2D eigenvalue weighted by Crippen LogP contribution is -2.17. The van der Waals surface area contributed by atoms with Crippen molar-refractivity contribution >= 4 is 9.28 Å². The summed E-state index contributed by atoms with van der Waals surface area (Å²) in [6, 6.07) is 0. The van der Waals surface area contributed by atoms with Crippen molar-refractivity contribution in [1.82, 2.24) is 0 Å². The second kappa shape index (κ2) is 11.5. The van der Waals surface area contributed by atoms with Gasteiger partial charge in [0.05, 0.1) is 13.2 Å². The van der Waals surface area contributed by atoms with Crippen LogP contribution in [-0.2, 0) is 18.3 Å². The topological polar surface area (TPSA) is 40.2 Å². The lowest BCUT2D eigenvalue weighted by atomic mass is 10.5. The molecule has 0 aromatic carbocycles. The Kier molecular flexibility index (Phi) is 11.6. The van der Waals surface area contributed by atoms with E-state index in [4.69, 9.17) is 18.3 Å². The molecule has 98 valence electrons. The van der Waals surface area contributed by atoms with Crippen LogP contribution in [0.15, 0.2) is 0 Å². The number of rotatable bonds is 8. The van der Waals surface area contributed by atoms with Crippen LogP contribution in [0.1, 0.15) is 27.2 Å². The van der Waals surface area contributed by atoms with E-state index in [1.165, 1.54) is 0 Å². The SMILES string of the molecule is CCCOCC1CO1.CCO[SiH](C)OCC. The van der Waals surface area contributed by atoms with Crippen LogP contribution in [0.4, 0.5) is 0 Å². The molecule has 0 N–H and O–H groups in total. The number of epoxide rings is 1. The molecular formula is C11H26O4Si. The maximum Gasteiger partial charge on any atom is 0.318 e. The van der Waals surface area contributed by atoms with Gasteiger partial charge in [-0.3, -0.25) is 0 Å². The van der Waals surface area contributed by atoms with Crippen LogP contribution in [0.2, 0.25) is 6.55 Å². The molecule has 0 spiro atoms. The van der Waals surface area contributed by atoms with Crippen molar-refractivity contribution < 1.29 is 18.3 Å². The van der Waals surface area contributed by atoms with Gasteiger partial charge in [0.1, 0.15) is 6.10 Å². The fraction of sp³-hybridized carbons (Fsp3) is 1.00. The lowest BCUT2D eigenvalue weighted by Gasteiger charge is -2.07. The van der Waals surface area contributed by atoms with Gasteiger partial charge in [0, 0.05) is 19.8 Å². The molecule has 0 aromatic heterocycles. The van der Waals surface area contributed by atoms with Crippen LogP contribution in [-0.4, -0.2) is 48.4 Å². The maximum absolute atomic E-state index is 5.20. The fourth-order valence-electron chi connectivity index (χ4n) is 1.04. The molecule has 1 unspecified atom stereocenters. The normalized spacial score (nSPS) is 18.2. The van der Waals surface area contributed by atoms with Crippen LogP contribution in [0.5, 0.6) is 0 Å². The van der Waals surface area contributed by atoms with Gasteiger partial charge in [-0.15, -0.1) is 0 Å². The second-order valence-corrected chi connectivity index (χ2v) is 5.31. The summed E-state index contributed by atoms with van der Waals surface area (Å²) in [6.07, 6.45) is 1.54. The number of hydrogen-bond acceptors (Lipinski definition) is 4. The zero-order valence-electron chi connectivity index (χ0n) is 11.0. The third-order valence-electron chi connectivity index (χ3n) is 1.86. The Morgan fingerprint density at radius 2 is 1.75 bits per heavy atom. The minimum absolute atomic E-state index is 0.432. The highest BCUT2D eigenvalue weighted by Gasteiger charge is 2.21. The molecule has 1 atom stereocenters. The Hall–Kier alpha value is 0.0569. The van der Waals surface area contributed by atoms with Gasteiger partial charge in [0.15, 0.2) is 0 Å². The summed E-state index contributed by atoms with van der Waals surface area (Å²) in [5, 5.41) is 0. The predicted molar refractivity (Wildman–Crippen MR) is 67.1 cm³/mol. The summed E-state index contributed by atoms with van der Waals surface area (Å²) < 4.78 is 20.5. The standard InChI is InChI=1S/C6H12O2.C5H14O2Si/c1-2-3-7-4-6-5-8-6;1-4-6-8(3)7-5-2/h6H,2-5H2,1H3;8H,4-5H2,1-3H3. The molecule has 0 amide bonds. The molecule has 1 aliphatic heterocycles. The number of hydrogen-bond donors (Lipinski definition) is 0. The van der Waals surface area contributed by atoms with E-state index >= 15 is 0 Å². The van der Waals surface area contributed by atoms with Crippen LogP contribution in [0, 0.1) is 0 Å². The molecule has 0 aliphatic carbocycles. The average Bonchev–Trinajstić information content (AvgIpc) is 3.04.